The van der Waals surface area contributed by atoms with E-state index in [0.717, 1.165) is 25.5 Å². The van der Waals surface area contributed by atoms with Crippen LogP contribution in [0.3, 0.4) is 0 Å². The Bertz CT molecular complexity index is 493. The van der Waals surface area contributed by atoms with Gasteiger partial charge in [0.25, 0.3) is 0 Å². The molecule has 110 valence electrons. The first-order chi connectivity index (χ1) is 9.61. The summed E-state index contributed by atoms with van der Waals surface area (Å²) in [4.78, 5) is 1.85. The molecule has 0 atom stereocenters. The number of hydrogen-bond donors (Lipinski definition) is 1. The van der Waals surface area contributed by atoms with Crippen molar-refractivity contribution in [2.45, 2.75) is 37.6 Å². The lowest BCUT2D eigenvalue weighted by Gasteiger charge is -2.47. The lowest BCUT2D eigenvalue weighted by Crippen LogP contribution is -2.61. The molecule has 2 nitrogen and oxygen atoms in total. The van der Waals surface area contributed by atoms with Crippen molar-refractivity contribution < 1.29 is 13.2 Å². The highest BCUT2D eigenvalue weighted by atomic mass is 19.2. The van der Waals surface area contributed by atoms with E-state index in [2.05, 4.69) is 5.32 Å². The molecule has 1 saturated carbocycles. The van der Waals surface area contributed by atoms with Gasteiger partial charge in [0.15, 0.2) is 17.5 Å². The molecular formula is C15H19F3N2. The van der Waals surface area contributed by atoms with Crippen LogP contribution >= 0.6 is 0 Å². The highest BCUT2D eigenvalue weighted by Gasteiger charge is 2.37. The van der Waals surface area contributed by atoms with Crippen LogP contribution in [0.1, 0.15) is 32.1 Å². The van der Waals surface area contributed by atoms with Gasteiger partial charge in [-0.1, -0.05) is 19.3 Å². The number of anilines is 1. The predicted octanol–water partition coefficient (Wildman–Crippen LogP) is 3.22. The van der Waals surface area contributed by atoms with Gasteiger partial charge in [0, 0.05) is 25.2 Å². The maximum absolute atomic E-state index is 13.9. The Labute approximate surface area is 117 Å². The minimum absolute atomic E-state index is 0.00774. The van der Waals surface area contributed by atoms with Gasteiger partial charge in [-0.3, -0.25) is 0 Å². The van der Waals surface area contributed by atoms with Crippen molar-refractivity contribution in [3.63, 3.8) is 0 Å². The SMILES string of the molecule is Fc1ccc(N2CCNC3(CCCCC3)C2)c(F)c1F. The zero-order valence-corrected chi connectivity index (χ0v) is 11.4. The van der Waals surface area contributed by atoms with E-state index in [1.807, 2.05) is 4.90 Å². The molecular weight excluding hydrogens is 265 g/mol. The predicted molar refractivity (Wildman–Crippen MR) is 72.3 cm³/mol. The molecule has 20 heavy (non-hydrogen) atoms. The average molecular weight is 284 g/mol. The van der Waals surface area contributed by atoms with Gasteiger partial charge in [-0.25, -0.2) is 13.2 Å². The van der Waals surface area contributed by atoms with Crippen molar-refractivity contribution in [3.05, 3.63) is 29.6 Å². The molecule has 0 bridgehead atoms. The normalized spacial score (nSPS) is 22.2. The number of hydrogen-bond acceptors (Lipinski definition) is 2. The molecule has 0 radical (unpaired) electrons. The second-order valence-corrected chi connectivity index (χ2v) is 5.88. The molecule has 1 aromatic carbocycles. The molecule has 3 rings (SSSR count). The third-order valence-electron chi connectivity index (χ3n) is 4.54. The maximum atomic E-state index is 13.9. The molecule has 1 aliphatic carbocycles. The quantitative estimate of drug-likeness (QED) is 0.797. The minimum atomic E-state index is -1.38. The summed E-state index contributed by atoms with van der Waals surface area (Å²) in [7, 11) is 0. The molecule has 1 N–H and O–H groups in total. The van der Waals surface area contributed by atoms with Crippen molar-refractivity contribution in [2.24, 2.45) is 0 Å². The zero-order valence-electron chi connectivity index (χ0n) is 11.4. The second-order valence-electron chi connectivity index (χ2n) is 5.88. The Balaban J connectivity index is 1.85. The van der Waals surface area contributed by atoms with E-state index in [-0.39, 0.29) is 11.2 Å². The molecule has 1 aliphatic heterocycles. The van der Waals surface area contributed by atoms with Gasteiger partial charge in [0.2, 0.25) is 0 Å². The Hall–Kier alpha value is -1.23. The van der Waals surface area contributed by atoms with Gasteiger partial charge in [0.05, 0.1) is 5.69 Å². The number of benzene rings is 1. The highest BCUT2D eigenvalue weighted by Crippen LogP contribution is 2.33. The van der Waals surface area contributed by atoms with Crippen LogP contribution in [-0.2, 0) is 0 Å². The maximum Gasteiger partial charge on any atom is 0.196 e. The van der Waals surface area contributed by atoms with Gasteiger partial charge in [-0.05, 0) is 25.0 Å². The minimum Gasteiger partial charge on any atom is -0.366 e. The second kappa shape index (κ2) is 5.28. The van der Waals surface area contributed by atoms with Crippen molar-refractivity contribution in [2.75, 3.05) is 24.5 Å². The monoisotopic (exact) mass is 284 g/mol. The van der Waals surface area contributed by atoms with Crippen LogP contribution < -0.4 is 10.2 Å². The third kappa shape index (κ3) is 2.39. The molecule has 5 heteroatoms. The Morgan fingerprint density at radius 3 is 2.50 bits per heavy atom. The van der Waals surface area contributed by atoms with E-state index in [0.29, 0.717) is 13.1 Å². The molecule has 1 heterocycles. The van der Waals surface area contributed by atoms with Crippen LogP contribution in [0.5, 0.6) is 0 Å². The third-order valence-corrected chi connectivity index (χ3v) is 4.54. The summed E-state index contributed by atoms with van der Waals surface area (Å²) in [5, 5.41) is 3.55. The first-order valence-electron chi connectivity index (χ1n) is 7.25. The summed E-state index contributed by atoms with van der Waals surface area (Å²) >= 11 is 0. The van der Waals surface area contributed by atoms with E-state index in [1.165, 1.54) is 25.3 Å². The fraction of sp³-hybridized carbons (Fsp3) is 0.600. The molecule has 1 aromatic rings. The molecule has 1 spiro atoms. The van der Waals surface area contributed by atoms with E-state index < -0.39 is 17.5 Å². The molecule has 2 fully saturated rings. The Kier molecular flexibility index (Phi) is 3.63. The summed E-state index contributed by atoms with van der Waals surface area (Å²) < 4.78 is 40.3. The molecule has 0 amide bonds. The van der Waals surface area contributed by atoms with Crippen molar-refractivity contribution >= 4 is 5.69 Å². The van der Waals surface area contributed by atoms with E-state index >= 15 is 0 Å². The molecule has 1 saturated heterocycles. The van der Waals surface area contributed by atoms with Crippen molar-refractivity contribution in [1.29, 1.82) is 0 Å². The summed E-state index contributed by atoms with van der Waals surface area (Å²) in [6, 6.07) is 2.35. The van der Waals surface area contributed by atoms with Crippen molar-refractivity contribution in [3.8, 4) is 0 Å². The zero-order chi connectivity index (χ0) is 14.2. The number of rotatable bonds is 1. The van der Waals surface area contributed by atoms with Crippen LogP contribution in [0.25, 0.3) is 0 Å². The summed E-state index contributed by atoms with van der Waals surface area (Å²) in [6.45, 7) is 2.02. The summed E-state index contributed by atoms with van der Waals surface area (Å²) in [5.74, 6) is -3.58. The lowest BCUT2D eigenvalue weighted by atomic mass is 9.80. The first kappa shape index (κ1) is 13.7. The van der Waals surface area contributed by atoms with Crippen LogP contribution in [0.15, 0.2) is 12.1 Å². The lowest BCUT2D eigenvalue weighted by molar-refractivity contribution is 0.215. The number of nitrogens with zero attached hydrogens (tertiary/aromatic N) is 1. The van der Waals surface area contributed by atoms with E-state index in [9.17, 15) is 13.2 Å². The smallest absolute Gasteiger partial charge is 0.196 e. The van der Waals surface area contributed by atoms with E-state index in [1.54, 1.807) is 0 Å². The topological polar surface area (TPSA) is 15.3 Å². The molecule has 2 aliphatic rings. The summed E-state index contributed by atoms with van der Waals surface area (Å²) in [5.41, 5.74) is 0.184. The highest BCUT2D eigenvalue weighted by molar-refractivity contribution is 5.49. The van der Waals surface area contributed by atoms with Crippen LogP contribution in [0.4, 0.5) is 18.9 Å². The first-order valence-corrected chi connectivity index (χ1v) is 7.25. The van der Waals surface area contributed by atoms with Crippen LogP contribution in [-0.4, -0.2) is 25.2 Å². The average Bonchev–Trinajstić information content (AvgIpc) is 2.46. The fourth-order valence-electron chi connectivity index (χ4n) is 3.49. The molecule has 0 aromatic heterocycles. The Morgan fingerprint density at radius 2 is 1.75 bits per heavy atom. The van der Waals surface area contributed by atoms with Gasteiger partial charge >= 0.3 is 0 Å². The van der Waals surface area contributed by atoms with Gasteiger partial charge in [-0.15, -0.1) is 0 Å². The number of halogens is 3. The van der Waals surface area contributed by atoms with Crippen LogP contribution in [0.2, 0.25) is 0 Å². The number of piperazine rings is 1. The largest absolute Gasteiger partial charge is 0.366 e. The Morgan fingerprint density at radius 1 is 1.00 bits per heavy atom. The van der Waals surface area contributed by atoms with Gasteiger partial charge < -0.3 is 10.2 Å². The summed E-state index contributed by atoms with van der Waals surface area (Å²) in [6.07, 6.45) is 5.70. The standard InChI is InChI=1S/C15H19F3N2/c16-11-4-5-12(14(18)13(11)17)20-9-8-19-15(10-20)6-2-1-3-7-15/h4-5,19H,1-3,6-10H2. The van der Waals surface area contributed by atoms with Gasteiger partial charge in [0.1, 0.15) is 0 Å². The van der Waals surface area contributed by atoms with Gasteiger partial charge in [-0.2, -0.15) is 0 Å². The fourth-order valence-corrected chi connectivity index (χ4v) is 3.49. The number of nitrogens with one attached hydrogen (secondary N) is 1. The van der Waals surface area contributed by atoms with Crippen LogP contribution in [0, 0.1) is 17.5 Å². The van der Waals surface area contributed by atoms with E-state index in [4.69, 9.17) is 0 Å². The van der Waals surface area contributed by atoms with Crippen molar-refractivity contribution in [1.82, 2.24) is 5.32 Å². The molecule has 0 unspecified atom stereocenters.